The standard InChI is InChI=1S/C39H47F4N5O9S/c1-36(2,3)21-56-35(52)45-27-11-9-7-5-6-8-10-22-17-38(22,34(51)48-14-15-58(48,53)54)46-32(49)28-19-37(20-47(28)33(27)50)18-25(40)29-24-16-23(55-4)12-13-26(24)44-31(30(29)57-37)39(41,42)43/h8,10,12-13,16,22,25,27-28H,5-7,9,11,14-15,17-21H2,1-4H3,(H,45,52)(H,46,49). The highest BCUT2D eigenvalue weighted by atomic mass is 32.2. The topological polar surface area (TPSA) is 174 Å². The molecule has 2 aromatic rings. The Hall–Kier alpha value is -4.68. The Balaban J connectivity index is 1.29. The molecule has 1 aromatic carbocycles. The molecule has 3 fully saturated rings. The van der Waals surface area contributed by atoms with E-state index in [-0.39, 0.29) is 48.4 Å². The third kappa shape index (κ3) is 7.89. The largest absolute Gasteiger partial charge is 0.497 e. The van der Waals surface area contributed by atoms with E-state index in [1.54, 1.807) is 6.08 Å². The molecular weight excluding hydrogens is 791 g/mol. The summed E-state index contributed by atoms with van der Waals surface area (Å²) in [5.74, 6) is -4.03. The number of carbonyl (C=O) groups excluding carboxylic acids is 4. The van der Waals surface area contributed by atoms with Gasteiger partial charge in [0, 0.05) is 29.7 Å². The highest BCUT2D eigenvalue weighted by Crippen LogP contribution is 2.54. The first-order chi connectivity index (χ1) is 27.2. The summed E-state index contributed by atoms with van der Waals surface area (Å²) in [4.78, 5) is 61.1. The van der Waals surface area contributed by atoms with Crippen LogP contribution in [0.25, 0.3) is 10.9 Å². The van der Waals surface area contributed by atoms with Crippen LogP contribution in [-0.2, 0) is 35.3 Å². The molecule has 316 valence electrons. The number of hydrogen-bond acceptors (Lipinski definition) is 10. The second-order valence-electron chi connectivity index (χ2n) is 17.1. The van der Waals surface area contributed by atoms with Crippen LogP contribution in [0, 0.1) is 11.3 Å². The molecule has 7 rings (SSSR count). The second-order valence-corrected chi connectivity index (χ2v) is 19.1. The molecule has 0 radical (unpaired) electrons. The second kappa shape index (κ2) is 14.9. The summed E-state index contributed by atoms with van der Waals surface area (Å²) in [5.41, 5.74) is -6.06. The van der Waals surface area contributed by atoms with Crippen molar-refractivity contribution < 1.29 is 59.4 Å². The number of allylic oxidation sites excluding steroid dienone is 1. The molecule has 1 saturated carbocycles. The van der Waals surface area contributed by atoms with Crippen molar-refractivity contribution in [3.63, 3.8) is 0 Å². The van der Waals surface area contributed by atoms with Gasteiger partial charge < -0.3 is 29.7 Å². The van der Waals surface area contributed by atoms with Crippen molar-refractivity contribution >= 4 is 44.7 Å². The zero-order chi connectivity index (χ0) is 42.0. The monoisotopic (exact) mass is 837 g/mol. The number of hydrogen-bond donors (Lipinski definition) is 2. The van der Waals surface area contributed by atoms with Gasteiger partial charge in [-0.2, -0.15) is 13.2 Å². The fourth-order valence-electron chi connectivity index (χ4n) is 8.33. The average molecular weight is 838 g/mol. The Morgan fingerprint density at radius 2 is 1.86 bits per heavy atom. The van der Waals surface area contributed by atoms with Crippen LogP contribution in [0.5, 0.6) is 11.5 Å². The number of nitrogens with one attached hydrogen (secondary N) is 2. The van der Waals surface area contributed by atoms with Gasteiger partial charge in [-0.3, -0.25) is 14.4 Å². The number of alkyl carbamates (subject to hydrolysis) is 1. The van der Waals surface area contributed by atoms with Crippen LogP contribution in [0.3, 0.4) is 0 Å². The Morgan fingerprint density at radius 1 is 1.10 bits per heavy atom. The lowest BCUT2D eigenvalue weighted by molar-refractivity contribution is -0.145. The number of rotatable bonds is 4. The van der Waals surface area contributed by atoms with Gasteiger partial charge in [-0.15, -0.1) is 0 Å². The molecule has 1 aliphatic carbocycles. The predicted molar refractivity (Wildman–Crippen MR) is 200 cm³/mol. The number of ether oxygens (including phenoxy) is 3. The minimum Gasteiger partial charge on any atom is -0.497 e. The minimum absolute atomic E-state index is 0.00915. The molecule has 4 amide bonds. The van der Waals surface area contributed by atoms with Gasteiger partial charge in [-0.1, -0.05) is 45.8 Å². The number of aromatic nitrogens is 1. The van der Waals surface area contributed by atoms with Gasteiger partial charge in [0.1, 0.15) is 35.1 Å². The molecule has 2 N–H and O–H groups in total. The van der Waals surface area contributed by atoms with Crippen LogP contribution in [0.4, 0.5) is 22.4 Å². The number of alkyl halides is 4. The molecule has 14 nitrogen and oxygen atoms in total. The van der Waals surface area contributed by atoms with Gasteiger partial charge >= 0.3 is 12.3 Å². The molecule has 1 aromatic heterocycles. The lowest BCUT2D eigenvalue weighted by atomic mass is 9.85. The van der Waals surface area contributed by atoms with E-state index < -0.39 is 117 Å². The van der Waals surface area contributed by atoms with E-state index in [4.69, 9.17) is 14.2 Å². The lowest BCUT2D eigenvalue weighted by Gasteiger charge is -2.38. The summed E-state index contributed by atoms with van der Waals surface area (Å²) in [6, 6.07) is 1.21. The predicted octanol–water partition coefficient (Wildman–Crippen LogP) is 5.10. The number of nitrogens with zero attached hydrogens (tertiary/aromatic N) is 3. The number of sulfonamides is 1. The van der Waals surface area contributed by atoms with Crippen molar-refractivity contribution in [1.82, 2.24) is 24.8 Å². The fraction of sp³-hybridized carbons (Fsp3) is 0.615. The van der Waals surface area contributed by atoms with Crippen molar-refractivity contribution in [2.45, 2.75) is 108 Å². The molecule has 19 heteroatoms. The Bertz CT molecular complexity index is 2160. The molecule has 2 saturated heterocycles. The van der Waals surface area contributed by atoms with Crippen molar-refractivity contribution in [1.29, 1.82) is 0 Å². The molecule has 5 aliphatic rings. The summed E-state index contributed by atoms with van der Waals surface area (Å²) in [6.07, 6.45) is -3.10. The summed E-state index contributed by atoms with van der Waals surface area (Å²) in [5, 5.41) is 5.36. The molecule has 6 atom stereocenters. The van der Waals surface area contributed by atoms with E-state index in [2.05, 4.69) is 15.6 Å². The third-order valence-corrected chi connectivity index (χ3v) is 13.2. The van der Waals surface area contributed by atoms with Gasteiger partial charge in [-0.25, -0.2) is 26.9 Å². The van der Waals surface area contributed by atoms with Crippen LogP contribution >= 0.6 is 0 Å². The fourth-order valence-corrected chi connectivity index (χ4v) is 9.40. The van der Waals surface area contributed by atoms with Crippen LogP contribution < -0.4 is 20.1 Å². The van der Waals surface area contributed by atoms with Crippen molar-refractivity contribution in [2.24, 2.45) is 11.3 Å². The molecular formula is C39H47F4N5O9S. The van der Waals surface area contributed by atoms with Crippen molar-refractivity contribution in [2.75, 3.05) is 32.6 Å². The average Bonchev–Trinajstić information content (AvgIpc) is 3.72. The van der Waals surface area contributed by atoms with Crippen LogP contribution in [0.2, 0.25) is 0 Å². The van der Waals surface area contributed by atoms with E-state index in [9.17, 15) is 40.8 Å². The van der Waals surface area contributed by atoms with Gasteiger partial charge in [0.25, 0.3) is 5.91 Å². The Morgan fingerprint density at radius 3 is 2.52 bits per heavy atom. The summed E-state index contributed by atoms with van der Waals surface area (Å²) < 4.78 is 104. The quantitative estimate of drug-likeness (QED) is 0.312. The first kappa shape index (κ1) is 41.5. The molecule has 1 spiro atoms. The van der Waals surface area contributed by atoms with Crippen molar-refractivity contribution in [3.05, 3.63) is 41.6 Å². The SMILES string of the molecule is COc1ccc2nc(C(F)(F)F)c3c(c2c1)C(F)CC1(CC2C(=O)NC4(C(=O)N5CCS5(=O)=O)CC4C=CCCCCCC(NC(=O)OCC(C)(C)C)C(=O)N2C1)O3. The van der Waals surface area contributed by atoms with E-state index >= 15 is 4.39 Å². The van der Waals surface area contributed by atoms with E-state index in [0.717, 1.165) is 4.90 Å². The van der Waals surface area contributed by atoms with E-state index in [0.29, 0.717) is 30.0 Å². The minimum atomic E-state index is -5.10. The summed E-state index contributed by atoms with van der Waals surface area (Å²) in [6.45, 7) is 4.89. The van der Waals surface area contributed by atoms with Crippen molar-refractivity contribution in [3.8, 4) is 11.5 Å². The molecule has 4 aliphatic heterocycles. The number of halogens is 4. The highest BCUT2D eigenvalue weighted by molar-refractivity contribution is 7.90. The summed E-state index contributed by atoms with van der Waals surface area (Å²) >= 11 is 0. The van der Waals surface area contributed by atoms with Crippen LogP contribution in [0.15, 0.2) is 30.4 Å². The van der Waals surface area contributed by atoms with E-state index in [1.165, 1.54) is 25.3 Å². The Kier molecular flexibility index (Phi) is 10.6. The number of carbonyl (C=O) groups is 4. The maximum atomic E-state index is 16.8. The molecule has 58 heavy (non-hydrogen) atoms. The first-order valence-corrected chi connectivity index (χ1v) is 21.0. The number of pyridine rings is 1. The van der Waals surface area contributed by atoms with Gasteiger partial charge in [0.05, 0.1) is 38.1 Å². The number of benzene rings is 1. The third-order valence-electron chi connectivity index (χ3n) is 11.4. The lowest BCUT2D eigenvalue weighted by Crippen LogP contribution is -2.62. The van der Waals surface area contributed by atoms with Crippen LogP contribution in [0.1, 0.15) is 89.6 Å². The molecule has 0 bridgehead atoms. The molecule has 6 unspecified atom stereocenters. The van der Waals surface area contributed by atoms with Gasteiger partial charge in [-0.05, 0) is 49.3 Å². The van der Waals surface area contributed by atoms with Gasteiger partial charge in [0.2, 0.25) is 21.8 Å². The van der Waals surface area contributed by atoms with Gasteiger partial charge in [0.15, 0.2) is 11.4 Å². The smallest absolute Gasteiger partial charge is 0.437 e. The first-order valence-electron chi connectivity index (χ1n) is 19.4. The zero-order valence-electron chi connectivity index (χ0n) is 32.6. The number of fused-ring (bicyclic) bond motifs is 5. The van der Waals surface area contributed by atoms with E-state index in [1.807, 2.05) is 26.8 Å². The maximum absolute atomic E-state index is 16.8. The maximum Gasteiger partial charge on any atom is 0.437 e. The number of amides is 4. The zero-order valence-corrected chi connectivity index (χ0v) is 33.4. The number of methoxy groups -OCH3 is 1. The Labute approximate surface area is 333 Å². The summed E-state index contributed by atoms with van der Waals surface area (Å²) in [7, 11) is -2.55. The normalized spacial score (nSPS) is 29.8. The highest BCUT2D eigenvalue weighted by Gasteiger charge is 2.65. The molecule has 5 heterocycles. The van der Waals surface area contributed by atoms with Crippen LogP contribution in [-0.4, -0.2) is 102 Å².